The number of anilines is 4. The minimum atomic E-state index is -1.16. The number of para-hydroxylation sites is 1. The molecular formula is C66H75N11O10S. The third-order valence-corrected chi connectivity index (χ3v) is 18.8. The molecule has 0 radical (unpaired) electrons. The van der Waals surface area contributed by atoms with Gasteiger partial charge in [-0.05, 0) is 135 Å². The fraction of sp³-hybridized carbons (Fsp3) is 0.424. The van der Waals surface area contributed by atoms with Crippen LogP contribution in [-0.2, 0) is 35.2 Å². The summed E-state index contributed by atoms with van der Waals surface area (Å²) in [6, 6.07) is 24.1. The zero-order chi connectivity index (χ0) is 62.0. The molecule has 88 heavy (non-hydrogen) atoms. The number of hydrogen-bond donors (Lipinski definition) is 4. The molecule has 2 atom stereocenters. The average Bonchev–Trinajstić information content (AvgIpc) is 0.736. The average molecular weight is 1210 g/mol. The van der Waals surface area contributed by atoms with Gasteiger partial charge in [-0.25, -0.2) is 24.4 Å². The number of carboxylic acids is 1. The molecule has 6 aliphatic rings. The number of unbranched alkanes of at least 4 members (excludes halogenated alkanes) is 2. The third-order valence-electron chi connectivity index (χ3n) is 17.8. The maximum atomic E-state index is 13.8. The van der Waals surface area contributed by atoms with Crippen LogP contribution in [0.1, 0.15) is 106 Å². The largest absolute Gasteiger partial charge is 0.476 e. The summed E-state index contributed by atoms with van der Waals surface area (Å²) in [4.78, 5) is 104. The first kappa shape index (κ1) is 60.9. The van der Waals surface area contributed by atoms with Gasteiger partial charge in [0.1, 0.15) is 6.61 Å². The standard InChI is InChI=1S/C66H75N11O10S/c1-43-48(47-20-21-49(70-58(47)59(82)83)45-19-22-51-52(34-45)75(29-28-73(51)4)61(84)72-60-71-50-16-8-9-17-53(50)88-60)35-68-77(43)42-65-37-63(2)36-64(3,38-65)40-66(39-63,41-65)87-32-30-74(5)62(85)86-31-12-14-44-13-11-15-46(33-44)69-55(79)25-26-67-54(78)18-7-6-10-27-76-56(80)23-24-57(76)81/h8-9,11-17,19-24,33-35H,6-7,10,18,25-32,36-42H2,1-5H3,(H,67,78)(H,69,79)(H,82,83)(H,71,72,84)/b14-12+. The molecule has 4 aliphatic carbocycles. The van der Waals surface area contributed by atoms with Gasteiger partial charge in [0.2, 0.25) is 11.8 Å². The number of imide groups is 1. The number of carboxylic acid groups (broad SMARTS) is 1. The van der Waals surface area contributed by atoms with E-state index in [2.05, 4.69) is 39.7 Å². The summed E-state index contributed by atoms with van der Waals surface area (Å²) < 4.78 is 15.6. The first-order valence-electron chi connectivity index (χ1n) is 30.1. The highest BCUT2D eigenvalue weighted by Crippen LogP contribution is 2.72. The molecule has 5 heterocycles. The Labute approximate surface area is 515 Å². The third kappa shape index (κ3) is 13.5. The molecular weight excluding hydrogens is 1140 g/mol. The van der Waals surface area contributed by atoms with Gasteiger partial charge in [-0.15, -0.1) is 0 Å². The number of amides is 7. The summed E-state index contributed by atoms with van der Waals surface area (Å²) in [5, 5.41) is 24.8. The monoisotopic (exact) mass is 1210 g/mol. The number of ether oxygens (including phenoxy) is 2. The predicted octanol–water partition coefficient (Wildman–Crippen LogP) is 10.6. The normalized spacial score (nSPS) is 21.8. The number of aromatic carboxylic acids is 1. The number of pyridine rings is 1. The number of nitrogens with zero attached hydrogens (tertiary/aromatic N) is 8. The summed E-state index contributed by atoms with van der Waals surface area (Å²) in [5.41, 5.74) is 6.36. The topological polar surface area (TPSA) is 251 Å². The number of benzene rings is 3. The van der Waals surface area contributed by atoms with Crippen LogP contribution in [0.3, 0.4) is 0 Å². The lowest BCUT2D eigenvalue weighted by Crippen LogP contribution is -2.64. The highest BCUT2D eigenvalue weighted by Gasteiger charge is 2.66. The maximum absolute atomic E-state index is 13.8. The van der Waals surface area contributed by atoms with Crippen LogP contribution in [-0.4, -0.2) is 142 Å². The van der Waals surface area contributed by atoms with Crippen molar-refractivity contribution in [1.82, 2.24) is 34.9 Å². The summed E-state index contributed by atoms with van der Waals surface area (Å²) in [5.74, 6) is -2.20. The number of aromatic nitrogens is 4. The number of hydrogen-bond acceptors (Lipinski definition) is 14. The number of carbonyl (C=O) groups excluding carboxylic acids is 6. The Hall–Kier alpha value is -8.76. The fourth-order valence-electron chi connectivity index (χ4n) is 15.0. The smallest absolute Gasteiger partial charge is 0.409 e. The molecule has 7 amide bonds. The van der Waals surface area contributed by atoms with Crippen molar-refractivity contribution < 1.29 is 48.1 Å². The molecule has 0 spiro atoms. The number of thiazole rings is 1. The van der Waals surface area contributed by atoms with Gasteiger partial charge >= 0.3 is 18.1 Å². The first-order chi connectivity index (χ1) is 42.2. The predicted molar refractivity (Wildman–Crippen MR) is 337 cm³/mol. The van der Waals surface area contributed by atoms with Crippen molar-refractivity contribution in [2.45, 2.75) is 104 Å². The van der Waals surface area contributed by atoms with Gasteiger partial charge in [-0.2, -0.15) is 5.10 Å². The minimum absolute atomic E-state index is 0.0371. The van der Waals surface area contributed by atoms with Crippen LogP contribution in [0.4, 0.5) is 31.8 Å². The summed E-state index contributed by atoms with van der Waals surface area (Å²) in [7, 11) is 3.68. The van der Waals surface area contributed by atoms with Crippen molar-refractivity contribution in [3.8, 4) is 22.4 Å². The van der Waals surface area contributed by atoms with E-state index in [4.69, 9.17) is 19.6 Å². The number of carbonyl (C=O) groups is 7. The SMILES string of the molecule is Cc1c(-c2ccc(-c3ccc4c(c3)N(C(=O)Nc3nc5ccccc5s3)CCN4C)nc2C(=O)O)cnn1CC12CC3(C)CC(C)(C1)CC(OCCN(C)C(=O)OC/C=C/c1cccc(NC(=O)CCNC(=O)CCCCCN4C(=O)C=CC4=O)c1)(C3)C2. The van der Waals surface area contributed by atoms with Crippen molar-refractivity contribution in [2.24, 2.45) is 16.2 Å². The van der Waals surface area contributed by atoms with E-state index < -0.39 is 12.1 Å². The van der Waals surface area contributed by atoms with E-state index in [0.717, 1.165) is 65.7 Å². The quantitative estimate of drug-likeness (QED) is 0.0344. The van der Waals surface area contributed by atoms with Crippen LogP contribution >= 0.6 is 11.3 Å². The molecule has 4 saturated carbocycles. The van der Waals surface area contributed by atoms with E-state index in [9.17, 15) is 38.7 Å². The molecule has 3 aromatic heterocycles. The van der Waals surface area contributed by atoms with Gasteiger partial charge in [0, 0.05) is 106 Å². The highest BCUT2D eigenvalue weighted by molar-refractivity contribution is 7.22. The Morgan fingerprint density at radius 2 is 1.59 bits per heavy atom. The summed E-state index contributed by atoms with van der Waals surface area (Å²) >= 11 is 1.41. The Bertz CT molecular complexity index is 3710. The van der Waals surface area contributed by atoms with Crippen LogP contribution in [0.25, 0.3) is 38.7 Å². The zero-order valence-corrected chi connectivity index (χ0v) is 51.3. The molecule has 22 heteroatoms. The van der Waals surface area contributed by atoms with Crippen molar-refractivity contribution in [1.29, 1.82) is 0 Å². The molecule has 4 fully saturated rings. The lowest BCUT2D eigenvalue weighted by Gasteiger charge is -2.69. The lowest BCUT2D eigenvalue weighted by atomic mass is 9.39. The van der Waals surface area contributed by atoms with Crippen LogP contribution < -0.4 is 25.8 Å². The van der Waals surface area contributed by atoms with E-state index in [0.29, 0.717) is 97.5 Å². The second-order valence-electron chi connectivity index (χ2n) is 25.3. The van der Waals surface area contributed by atoms with Gasteiger partial charge in [-0.1, -0.05) is 68.0 Å². The van der Waals surface area contributed by atoms with Gasteiger partial charge in [0.25, 0.3) is 11.8 Å². The molecule has 3 aromatic carbocycles. The van der Waals surface area contributed by atoms with Crippen LogP contribution in [0.15, 0.2) is 103 Å². The maximum Gasteiger partial charge on any atom is 0.409 e. The second-order valence-corrected chi connectivity index (χ2v) is 26.3. The molecule has 12 rings (SSSR count). The number of fused-ring (bicyclic) bond motifs is 2. The molecule has 2 aliphatic heterocycles. The van der Waals surface area contributed by atoms with Gasteiger partial charge in [-0.3, -0.25) is 39.0 Å². The van der Waals surface area contributed by atoms with Crippen LogP contribution in [0.2, 0.25) is 0 Å². The molecule has 2 unspecified atom stereocenters. The number of likely N-dealkylation sites (N-methyl/N-ethyl adjacent to an activating group) is 2. The number of nitrogens with one attached hydrogen (secondary N) is 3. The van der Waals surface area contributed by atoms with E-state index in [1.54, 1.807) is 36.4 Å². The van der Waals surface area contributed by atoms with Crippen molar-refractivity contribution >= 4 is 91.5 Å². The van der Waals surface area contributed by atoms with Gasteiger partial charge < -0.3 is 35.0 Å². The van der Waals surface area contributed by atoms with Crippen LogP contribution in [0.5, 0.6) is 0 Å². The van der Waals surface area contributed by atoms with E-state index in [1.807, 2.05) is 91.5 Å². The Morgan fingerprint density at radius 1 is 0.807 bits per heavy atom. The summed E-state index contributed by atoms with van der Waals surface area (Å²) in [6.45, 7) is 9.70. The van der Waals surface area contributed by atoms with E-state index in [1.165, 1.54) is 33.3 Å². The van der Waals surface area contributed by atoms with Crippen molar-refractivity contribution in [2.75, 3.05) is 80.5 Å². The van der Waals surface area contributed by atoms with Crippen molar-refractivity contribution in [3.63, 3.8) is 0 Å². The van der Waals surface area contributed by atoms with Gasteiger partial charge in [0.15, 0.2) is 10.8 Å². The molecule has 4 bridgehead atoms. The molecule has 21 nitrogen and oxygen atoms in total. The van der Waals surface area contributed by atoms with Crippen LogP contribution in [0, 0.1) is 23.2 Å². The lowest BCUT2D eigenvalue weighted by molar-refractivity contribution is -0.248. The molecule has 6 aromatic rings. The molecule has 4 N–H and O–H groups in total. The van der Waals surface area contributed by atoms with Gasteiger partial charge in [0.05, 0.1) is 45.7 Å². The minimum Gasteiger partial charge on any atom is -0.476 e. The Morgan fingerprint density at radius 3 is 2.36 bits per heavy atom. The van der Waals surface area contributed by atoms with Crippen molar-refractivity contribution in [3.05, 3.63) is 120 Å². The Kier molecular flexibility index (Phi) is 17.4. The highest BCUT2D eigenvalue weighted by atomic mass is 32.1. The Balaban J connectivity index is 0.660. The summed E-state index contributed by atoms with van der Waals surface area (Å²) in [6.07, 6.45) is 15.4. The van der Waals surface area contributed by atoms with E-state index >= 15 is 0 Å². The number of urea groups is 1. The second kappa shape index (κ2) is 25.1. The number of rotatable bonds is 23. The van der Waals surface area contributed by atoms with E-state index in [-0.39, 0.29) is 83.2 Å². The zero-order valence-electron chi connectivity index (χ0n) is 50.4. The fourth-order valence-corrected chi connectivity index (χ4v) is 15.8. The first-order valence-corrected chi connectivity index (χ1v) is 30.9. The molecule has 460 valence electrons. The molecule has 0 saturated heterocycles.